The van der Waals surface area contributed by atoms with Gasteiger partial charge in [-0.2, -0.15) is 0 Å². The lowest BCUT2D eigenvalue weighted by molar-refractivity contribution is -0.769. The van der Waals surface area contributed by atoms with Crippen LogP contribution < -0.4 is 10.6 Å². The second-order valence-electron chi connectivity index (χ2n) is 5.78. The van der Waals surface area contributed by atoms with Gasteiger partial charge in [-0.1, -0.05) is 6.42 Å². The first kappa shape index (κ1) is 12.0. The zero-order chi connectivity index (χ0) is 10.4. The smallest absolute Gasteiger partial charge is 0.126 e. The SMILES string of the molecule is CC(C)(C)[NH2+]CC[NH2+]C1CCCCC1. The van der Waals surface area contributed by atoms with Crippen LogP contribution in [0.1, 0.15) is 52.9 Å². The molecule has 1 fully saturated rings. The second-order valence-corrected chi connectivity index (χ2v) is 5.78. The third-order valence-electron chi connectivity index (χ3n) is 3.07. The molecule has 0 amide bonds. The summed E-state index contributed by atoms with van der Waals surface area (Å²) in [6, 6.07) is 0.942. The van der Waals surface area contributed by atoms with Crippen molar-refractivity contribution in [2.45, 2.75) is 64.5 Å². The minimum Gasteiger partial charge on any atom is -0.339 e. The molecule has 2 heteroatoms. The molecule has 0 bridgehead atoms. The summed E-state index contributed by atoms with van der Waals surface area (Å²) in [6.07, 6.45) is 7.30. The summed E-state index contributed by atoms with van der Waals surface area (Å²) in [5.74, 6) is 0. The van der Waals surface area contributed by atoms with Gasteiger partial charge in [0, 0.05) is 0 Å². The van der Waals surface area contributed by atoms with Crippen LogP contribution in [-0.4, -0.2) is 24.7 Å². The fourth-order valence-corrected chi connectivity index (χ4v) is 2.22. The van der Waals surface area contributed by atoms with Gasteiger partial charge < -0.3 is 10.6 Å². The van der Waals surface area contributed by atoms with E-state index in [-0.39, 0.29) is 0 Å². The summed E-state index contributed by atoms with van der Waals surface area (Å²) in [5.41, 5.74) is 0.403. The zero-order valence-electron chi connectivity index (χ0n) is 10.2. The molecule has 0 aliphatic heterocycles. The average Bonchev–Trinajstić information content (AvgIpc) is 2.13. The molecule has 1 saturated carbocycles. The molecule has 1 aliphatic carbocycles. The van der Waals surface area contributed by atoms with Crippen molar-refractivity contribution in [2.24, 2.45) is 0 Å². The standard InChI is InChI=1S/C12H26N2/c1-12(2,3)14-10-9-13-11-7-5-4-6-8-11/h11,13-14H,4-10H2,1-3H3/p+2. The first-order chi connectivity index (χ1) is 6.58. The maximum atomic E-state index is 2.57. The molecule has 0 aromatic heterocycles. The molecule has 0 heterocycles. The van der Waals surface area contributed by atoms with Crippen molar-refractivity contribution < 1.29 is 10.6 Å². The molecule has 0 spiro atoms. The van der Waals surface area contributed by atoms with Gasteiger partial charge >= 0.3 is 0 Å². The van der Waals surface area contributed by atoms with Crippen LogP contribution in [0.2, 0.25) is 0 Å². The largest absolute Gasteiger partial charge is 0.339 e. The Bertz CT molecular complexity index is 143. The Morgan fingerprint density at radius 1 is 1.00 bits per heavy atom. The fourth-order valence-electron chi connectivity index (χ4n) is 2.22. The Morgan fingerprint density at radius 3 is 2.21 bits per heavy atom. The Balaban J connectivity index is 1.97. The van der Waals surface area contributed by atoms with Crippen LogP contribution in [0.3, 0.4) is 0 Å². The summed E-state index contributed by atoms with van der Waals surface area (Å²) in [5, 5.41) is 5.02. The highest BCUT2D eigenvalue weighted by Crippen LogP contribution is 2.14. The van der Waals surface area contributed by atoms with Gasteiger partial charge in [0.1, 0.15) is 13.1 Å². The molecule has 14 heavy (non-hydrogen) atoms. The van der Waals surface area contributed by atoms with Gasteiger partial charge in [-0.25, -0.2) is 0 Å². The van der Waals surface area contributed by atoms with Gasteiger partial charge in [0.15, 0.2) is 0 Å². The number of nitrogens with two attached hydrogens (primary N) is 2. The van der Waals surface area contributed by atoms with Crippen molar-refractivity contribution in [3.8, 4) is 0 Å². The topological polar surface area (TPSA) is 33.2 Å². The minimum absolute atomic E-state index is 0.403. The molecule has 2 nitrogen and oxygen atoms in total. The average molecular weight is 200 g/mol. The molecule has 0 aromatic carbocycles. The van der Waals surface area contributed by atoms with E-state index in [0.29, 0.717) is 5.54 Å². The van der Waals surface area contributed by atoms with E-state index in [2.05, 4.69) is 31.4 Å². The highest BCUT2D eigenvalue weighted by atomic mass is 15.0. The van der Waals surface area contributed by atoms with E-state index in [4.69, 9.17) is 0 Å². The van der Waals surface area contributed by atoms with Crippen LogP contribution in [-0.2, 0) is 0 Å². The summed E-state index contributed by atoms with van der Waals surface area (Å²) < 4.78 is 0. The van der Waals surface area contributed by atoms with Gasteiger partial charge in [0.2, 0.25) is 0 Å². The first-order valence-corrected chi connectivity index (χ1v) is 6.26. The number of quaternary nitrogens is 2. The van der Waals surface area contributed by atoms with Gasteiger partial charge in [-0.15, -0.1) is 0 Å². The number of hydrogen-bond donors (Lipinski definition) is 2. The van der Waals surface area contributed by atoms with Crippen molar-refractivity contribution in [3.05, 3.63) is 0 Å². The molecular weight excluding hydrogens is 172 g/mol. The fraction of sp³-hybridized carbons (Fsp3) is 1.00. The van der Waals surface area contributed by atoms with Crippen molar-refractivity contribution in [2.75, 3.05) is 13.1 Å². The molecular formula is C12H28N2+2. The van der Waals surface area contributed by atoms with E-state index < -0.39 is 0 Å². The van der Waals surface area contributed by atoms with Crippen molar-refractivity contribution in [3.63, 3.8) is 0 Å². The Kier molecular flexibility index (Phi) is 4.90. The van der Waals surface area contributed by atoms with Crippen molar-refractivity contribution >= 4 is 0 Å². The van der Waals surface area contributed by atoms with Gasteiger partial charge in [0.25, 0.3) is 0 Å². The lowest BCUT2D eigenvalue weighted by Gasteiger charge is -2.21. The number of rotatable bonds is 4. The first-order valence-electron chi connectivity index (χ1n) is 6.26. The monoisotopic (exact) mass is 200 g/mol. The molecule has 0 radical (unpaired) electrons. The summed E-state index contributed by atoms with van der Waals surface area (Å²) in [7, 11) is 0. The third kappa shape index (κ3) is 5.61. The zero-order valence-corrected chi connectivity index (χ0v) is 10.2. The molecule has 84 valence electrons. The van der Waals surface area contributed by atoms with E-state index in [9.17, 15) is 0 Å². The van der Waals surface area contributed by atoms with Crippen LogP contribution in [0.25, 0.3) is 0 Å². The van der Waals surface area contributed by atoms with E-state index in [1.807, 2.05) is 0 Å². The lowest BCUT2D eigenvalue weighted by Crippen LogP contribution is -3.01. The number of hydrogen-bond acceptors (Lipinski definition) is 0. The van der Waals surface area contributed by atoms with E-state index in [1.165, 1.54) is 45.2 Å². The quantitative estimate of drug-likeness (QED) is 0.610. The van der Waals surface area contributed by atoms with Crippen LogP contribution in [0.4, 0.5) is 0 Å². The third-order valence-corrected chi connectivity index (χ3v) is 3.07. The molecule has 0 aromatic rings. The van der Waals surface area contributed by atoms with E-state index in [0.717, 1.165) is 6.04 Å². The van der Waals surface area contributed by atoms with Gasteiger partial charge in [-0.3, -0.25) is 0 Å². The Labute approximate surface area is 88.8 Å². The van der Waals surface area contributed by atoms with Crippen LogP contribution in [0, 0.1) is 0 Å². The predicted molar refractivity (Wildman–Crippen MR) is 60.2 cm³/mol. The van der Waals surface area contributed by atoms with E-state index >= 15 is 0 Å². The highest BCUT2D eigenvalue weighted by Gasteiger charge is 2.17. The predicted octanol–water partition coefficient (Wildman–Crippen LogP) is 0.244. The second kappa shape index (κ2) is 5.72. The molecule has 4 N–H and O–H groups in total. The molecule has 1 rings (SSSR count). The maximum absolute atomic E-state index is 2.57. The summed E-state index contributed by atoms with van der Waals surface area (Å²) >= 11 is 0. The van der Waals surface area contributed by atoms with Gasteiger partial charge in [0.05, 0.1) is 11.6 Å². The Morgan fingerprint density at radius 2 is 1.64 bits per heavy atom. The molecule has 1 aliphatic rings. The molecule has 0 atom stereocenters. The summed E-state index contributed by atoms with van der Waals surface area (Å²) in [4.78, 5) is 0. The molecule has 0 unspecified atom stereocenters. The lowest BCUT2D eigenvalue weighted by atomic mass is 9.95. The van der Waals surface area contributed by atoms with Crippen LogP contribution in [0.15, 0.2) is 0 Å². The highest BCUT2D eigenvalue weighted by molar-refractivity contribution is 4.61. The minimum atomic E-state index is 0.403. The van der Waals surface area contributed by atoms with Gasteiger partial charge in [-0.05, 0) is 46.5 Å². The molecule has 0 saturated heterocycles. The van der Waals surface area contributed by atoms with Crippen molar-refractivity contribution in [1.82, 2.24) is 0 Å². The summed E-state index contributed by atoms with van der Waals surface area (Å²) in [6.45, 7) is 9.41. The van der Waals surface area contributed by atoms with Crippen LogP contribution in [0.5, 0.6) is 0 Å². The normalized spacial score (nSPS) is 19.9. The van der Waals surface area contributed by atoms with E-state index in [1.54, 1.807) is 0 Å². The maximum Gasteiger partial charge on any atom is 0.126 e. The Hall–Kier alpha value is -0.0800. The van der Waals surface area contributed by atoms with Crippen molar-refractivity contribution in [1.29, 1.82) is 0 Å². The van der Waals surface area contributed by atoms with Crippen LogP contribution >= 0.6 is 0 Å².